The van der Waals surface area contributed by atoms with Gasteiger partial charge in [-0.3, -0.25) is 0 Å². The first-order valence-electron chi connectivity index (χ1n) is 15.9. The average molecular weight is 1370 g/mol. The van der Waals surface area contributed by atoms with Crippen molar-refractivity contribution in [1.82, 2.24) is 0 Å². The summed E-state index contributed by atoms with van der Waals surface area (Å²) in [4.78, 5) is 30.5. The summed E-state index contributed by atoms with van der Waals surface area (Å²) in [7, 11) is 0. The van der Waals surface area contributed by atoms with Gasteiger partial charge in [0.2, 0.25) is 0 Å². The van der Waals surface area contributed by atoms with Crippen molar-refractivity contribution in [2.75, 3.05) is 33.0 Å². The lowest BCUT2D eigenvalue weighted by Crippen LogP contribution is -2.59. The van der Waals surface area contributed by atoms with Crippen LogP contribution in [0.5, 0.6) is 0 Å². The number of carbonyl (C=O) groups is 3. The molecule has 0 aromatic heterocycles. The number of ether oxygens (including phenoxy) is 6. The molecule has 39 heteroatoms. The topological polar surface area (TPSA) is 176 Å². The Kier molecular flexibility index (Phi) is 22.0. The Morgan fingerprint density at radius 1 is 0.364 bits per heavy atom. The van der Waals surface area contributed by atoms with Crippen LogP contribution in [0.15, 0.2) is 0 Å². The molecule has 0 fully saturated rings. The van der Waals surface area contributed by atoms with Crippen LogP contribution in [0.2, 0.25) is 0 Å². The highest BCUT2D eigenvalue weighted by Crippen LogP contribution is 2.50. The zero-order chi connectivity index (χ0) is 52.9. The summed E-state index contributed by atoms with van der Waals surface area (Å²) in [6.07, 6.45) is -49.8. The maximum Gasteiger partial charge on any atom is 0.429 e. The molecule has 0 heterocycles. The molecule has 0 saturated heterocycles. The van der Waals surface area contributed by atoms with E-state index in [1.165, 1.54) is 0 Å². The van der Waals surface area contributed by atoms with Gasteiger partial charge in [0, 0.05) is 31.0 Å². The fourth-order valence-corrected chi connectivity index (χ4v) is 6.04. The van der Waals surface area contributed by atoms with Gasteiger partial charge >= 0.3 is 72.2 Å². The number of alkyl halides is 27. The van der Waals surface area contributed by atoms with E-state index in [9.17, 15) is 135 Å². The van der Waals surface area contributed by atoms with Crippen LogP contribution in [0.25, 0.3) is 0 Å². The van der Waals surface area contributed by atoms with Crippen molar-refractivity contribution in [2.45, 2.75) is 109 Å². The molecular formula is C27H20F24I3O12-3. The highest BCUT2D eigenvalue weighted by Gasteiger charge is 2.72. The summed E-state index contributed by atoms with van der Waals surface area (Å²) in [5, 5.41) is 30.5. The van der Waals surface area contributed by atoms with Crippen LogP contribution in [-0.4, -0.2) is 141 Å². The number of halogens is 27. The zero-order valence-corrected chi connectivity index (χ0v) is 37.0. The molecule has 0 aliphatic carbocycles. The highest BCUT2D eigenvalue weighted by atomic mass is 127. The molecule has 66 heavy (non-hydrogen) atoms. The molecule has 0 aliphatic heterocycles. The van der Waals surface area contributed by atoms with Gasteiger partial charge in [-0.25, -0.2) is 14.2 Å². The van der Waals surface area contributed by atoms with E-state index in [-0.39, 0.29) is 0 Å². The van der Waals surface area contributed by atoms with Crippen molar-refractivity contribution in [3.05, 3.63) is 0 Å². The fourth-order valence-electron chi connectivity index (χ4n) is 3.66. The Morgan fingerprint density at radius 3 is 0.788 bits per heavy atom. The van der Waals surface area contributed by atoms with Gasteiger partial charge in [-0.1, -0.05) is 67.8 Å². The predicted molar refractivity (Wildman–Crippen MR) is 176 cm³/mol. The number of aliphatic carboxylic acids is 3. The van der Waals surface area contributed by atoms with Crippen molar-refractivity contribution in [3.8, 4) is 0 Å². The number of rotatable bonds is 32. The summed E-state index contributed by atoms with van der Waals surface area (Å²) in [5.74, 6) is -49.9. The number of carboxylic acid groups (broad SMARTS) is 3. The second kappa shape index (κ2) is 22.4. The summed E-state index contributed by atoms with van der Waals surface area (Å²) in [6.45, 7) is -6.74. The quantitative estimate of drug-likeness (QED) is 0.0461. The Bertz CT molecular complexity index is 1570. The largest absolute Gasteiger partial charge is 0.544 e. The standard InChI is InChI=1S/C27H23F24I3O12/c28-16(29,22(40,41)64-25(46,47)19(34,35)13(55)56)1-9(52)4-61-7-12(63-6-11(54)3-18(32,33)24(44,45)66-27(50,51)21(38,39)15(59)60)8-62-5-10(53)2-17(30,31)23(42,43)65-26(48,49)20(36,37)14(57)58/h9-12H,1-8H2,(H,55,56)(H,57,58)(H,59,60)/p-3. The van der Waals surface area contributed by atoms with Crippen LogP contribution in [0.3, 0.4) is 0 Å². The normalized spacial score (nSPS) is 16.8. The minimum atomic E-state index is -6.88. The Balaban J connectivity index is 6.16. The molecule has 0 aromatic rings. The lowest BCUT2D eigenvalue weighted by molar-refractivity contribution is -0.471. The van der Waals surface area contributed by atoms with E-state index in [4.69, 9.17) is 14.2 Å². The zero-order valence-electron chi connectivity index (χ0n) is 30.6. The van der Waals surface area contributed by atoms with Gasteiger partial charge in [-0.05, 0) is 0 Å². The van der Waals surface area contributed by atoms with Crippen LogP contribution in [0.4, 0.5) is 105 Å². The van der Waals surface area contributed by atoms with Gasteiger partial charge < -0.3 is 43.9 Å². The molecule has 0 N–H and O–H groups in total. The van der Waals surface area contributed by atoms with Crippen molar-refractivity contribution >= 4 is 85.7 Å². The molecule has 0 saturated carbocycles. The Morgan fingerprint density at radius 2 is 0.576 bits per heavy atom. The van der Waals surface area contributed by atoms with Crippen LogP contribution in [0, 0.1) is 0 Å². The number of carbonyl (C=O) groups excluding carboxylic acids is 3. The minimum absolute atomic E-state index is 0.757. The molecule has 12 nitrogen and oxygen atoms in total. The molecule has 0 bridgehead atoms. The molecule has 0 aliphatic rings. The van der Waals surface area contributed by atoms with Crippen LogP contribution in [0.1, 0.15) is 19.3 Å². The molecular weight excluding hydrogens is 1350 g/mol. The second-order valence-corrected chi connectivity index (χ2v) is 17.8. The van der Waals surface area contributed by atoms with Gasteiger partial charge in [0.15, 0.2) is 0 Å². The van der Waals surface area contributed by atoms with Crippen LogP contribution >= 0.6 is 67.8 Å². The van der Waals surface area contributed by atoms with Crippen LogP contribution < -0.4 is 15.3 Å². The first-order valence-corrected chi connectivity index (χ1v) is 19.6. The van der Waals surface area contributed by atoms with Crippen LogP contribution in [-0.2, 0) is 42.8 Å². The third-order valence-corrected chi connectivity index (χ3v) is 9.46. The van der Waals surface area contributed by atoms with Gasteiger partial charge in [-0.2, -0.15) is 105 Å². The summed E-state index contributed by atoms with van der Waals surface area (Å²) in [5.41, 5.74) is 0. The Labute approximate surface area is 390 Å². The van der Waals surface area contributed by atoms with E-state index < -0.39 is 160 Å². The maximum atomic E-state index is 14.3. The number of hydrogen-bond acceptors (Lipinski definition) is 12. The second-order valence-electron chi connectivity index (χ2n) is 12.5. The van der Waals surface area contributed by atoms with Gasteiger partial charge in [0.25, 0.3) is 0 Å². The third-order valence-electron chi connectivity index (χ3n) is 7.06. The smallest absolute Gasteiger partial charge is 0.429 e. The summed E-state index contributed by atoms with van der Waals surface area (Å²) < 4.78 is 342. The summed E-state index contributed by atoms with van der Waals surface area (Å²) >= 11 is 2.33. The minimum Gasteiger partial charge on any atom is -0.544 e. The third kappa shape index (κ3) is 16.4. The first-order chi connectivity index (χ1) is 28.9. The maximum absolute atomic E-state index is 14.3. The van der Waals surface area contributed by atoms with E-state index in [1.54, 1.807) is 0 Å². The van der Waals surface area contributed by atoms with Gasteiger partial charge in [0.05, 0.1) is 33.0 Å². The van der Waals surface area contributed by atoms with E-state index in [0.717, 1.165) is 67.8 Å². The van der Waals surface area contributed by atoms with E-state index in [1.807, 2.05) is 0 Å². The highest BCUT2D eigenvalue weighted by molar-refractivity contribution is 14.1. The number of hydrogen-bond donors (Lipinski definition) is 0. The molecule has 3 atom stereocenters. The SMILES string of the molecule is O=C([O-])C(F)(F)C(F)(F)OC(F)(F)C(F)(F)CC(I)COCC(COCC(I)CC(F)(F)C(F)(F)OC(F)(F)C(F)(F)C(=O)[O-])OCC(I)CC(F)(F)C(F)(F)OC(F)(F)C(F)(F)C(=O)[O-]. The van der Waals surface area contributed by atoms with E-state index in [0.29, 0.717) is 0 Å². The Hall–Kier alpha value is -1.32. The lowest BCUT2D eigenvalue weighted by Gasteiger charge is -2.34. The van der Waals surface area contributed by atoms with Crippen molar-refractivity contribution < 1.29 is 163 Å². The molecule has 3 unspecified atom stereocenters. The van der Waals surface area contributed by atoms with E-state index >= 15 is 0 Å². The lowest BCUT2D eigenvalue weighted by atomic mass is 10.1. The van der Waals surface area contributed by atoms with Gasteiger partial charge in [0.1, 0.15) is 24.0 Å². The van der Waals surface area contributed by atoms with Crippen molar-refractivity contribution in [1.29, 1.82) is 0 Å². The fraction of sp³-hybridized carbons (Fsp3) is 0.889. The average Bonchev–Trinajstić information content (AvgIpc) is 3.07. The van der Waals surface area contributed by atoms with Crippen molar-refractivity contribution in [3.63, 3.8) is 0 Å². The monoisotopic (exact) mass is 1370 g/mol. The molecule has 0 radical (unpaired) electrons. The number of carboxylic acids is 3. The summed E-state index contributed by atoms with van der Waals surface area (Å²) in [6, 6.07) is 0. The molecule has 0 amide bonds. The molecule has 0 rings (SSSR count). The molecule has 392 valence electrons. The molecule has 0 spiro atoms. The van der Waals surface area contributed by atoms with E-state index in [2.05, 4.69) is 14.2 Å². The van der Waals surface area contributed by atoms with Crippen molar-refractivity contribution in [2.24, 2.45) is 0 Å². The first kappa shape index (κ1) is 64.7. The predicted octanol–water partition coefficient (Wildman–Crippen LogP) is 5.65. The molecule has 0 aromatic carbocycles. The van der Waals surface area contributed by atoms with Gasteiger partial charge in [-0.15, -0.1) is 0 Å².